The highest BCUT2D eigenvalue weighted by atomic mass is 16.5. The van der Waals surface area contributed by atoms with Crippen LogP contribution in [0.2, 0.25) is 0 Å². The van der Waals surface area contributed by atoms with Crippen LogP contribution in [0.1, 0.15) is 50.0 Å². The Kier molecular flexibility index (Phi) is 4.46. The Morgan fingerprint density at radius 1 is 1.00 bits per heavy atom. The van der Waals surface area contributed by atoms with E-state index in [-0.39, 0.29) is 11.2 Å². The Morgan fingerprint density at radius 2 is 1.67 bits per heavy atom. The highest BCUT2D eigenvalue weighted by molar-refractivity contribution is 5.95. The Hall–Kier alpha value is -2.09. The number of carbonyl (C=O) groups is 1. The molecule has 0 heterocycles. The molecule has 0 bridgehead atoms. The lowest BCUT2D eigenvalue weighted by atomic mass is 9.87. The first kappa shape index (κ1) is 15.3. The van der Waals surface area contributed by atoms with Gasteiger partial charge in [-0.25, -0.2) is 0 Å². The summed E-state index contributed by atoms with van der Waals surface area (Å²) >= 11 is 0. The minimum Gasteiger partial charge on any atom is -0.457 e. The fourth-order valence-electron chi connectivity index (χ4n) is 2.08. The number of carbonyl (C=O) groups excluding carboxylic acids is 1. The first-order valence-corrected chi connectivity index (χ1v) is 7.32. The van der Waals surface area contributed by atoms with Crippen molar-refractivity contribution < 1.29 is 9.53 Å². The summed E-state index contributed by atoms with van der Waals surface area (Å²) in [4.78, 5) is 11.6. The Balaban J connectivity index is 2.17. The third kappa shape index (κ3) is 3.94. The standard InChI is InChI=1S/C19H22O2/c1-5-18(20)14-9-11-16(12-10-14)21-17-8-6-7-15(13-17)19(2,3)4/h6-13H,5H2,1-4H3. The van der Waals surface area contributed by atoms with Crippen molar-refractivity contribution in [3.05, 3.63) is 59.7 Å². The van der Waals surface area contributed by atoms with Crippen LogP contribution in [-0.2, 0) is 5.41 Å². The van der Waals surface area contributed by atoms with Crippen LogP contribution in [0.4, 0.5) is 0 Å². The molecule has 0 unspecified atom stereocenters. The Morgan fingerprint density at radius 3 is 2.24 bits per heavy atom. The van der Waals surface area contributed by atoms with Gasteiger partial charge in [0.05, 0.1) is 0 Å². The van der Waals surface area contributed by atoms with Gasteiger partial charge in [-0.15, -0.1) is 0 Å². The van der Waals surface area contributed by atoms with Crippen LogP contribution in [0.3, 0.4) is 0 Å². The zero-order chi connectivity index (χ0) is 15.5. The van der Waals surface area contributed by atoms with Crippen molar-refractivity contribution in [3.63, 3.8) is 0 Å². The summed E-state index contributed by atoms with van der Waals surface area (Å²) < 4.78 is 5.87. The average molecular weight is 282 g/mol. The molecule has 2 aromatic rings. The molecule has 0 saturated carbocycles. The van der Waals surface area contributed by atoms with Crippen LogP contribution in [-0.4, -0.2) is 5.78 Å². The van der Waals surface area contributed by atoms with Crippen LogP contribution < -0.4 is 4.74 Å². The maximum Gasteiger partial charge on any atom is 0.162 e. The van der Waals surface area contributed by atoms with Gasteiger partial charge in [-0.1, -0.05) is 39.8 Å². The number of benzene rings is 2. The van der Waals surface area contributed by atoms with E-state index in [1.807, 2.05) is 43.3 Å². The molecule has 0 aliphatic carbocycles. The van der Waals surface area contributed by atoms with E-state index in [1.54, 1.807) is 0 Å². The van der Waals surface area contributed by atoms with E-state index in [4.69, 9.17) is 4.74 Å². The number of rotatable bonds is 4. The Labute approximate surface area is 126 Å². The van der Waals surface area contributed by atoms with Crippen molar-refractivity contribution in [2.45, 2.75) is 39.5 Å². The summed E-state index contributed by atoms with van der Waals surface area (Å²) in [5.41, 5.74) is 2.06. The molecule has 2 heteroatoms. The summed E-state index contributed by atoms with van der Waals surface area (Å²) in [7, 11) is 0. The van der Waals surface area contributed by atoms with E-state index in [1.165, 1.54) is 5.56 Å². The van der Waals surface area contributed by atoms with Crippen molar-refractivity contribution in [2.75, 3.05) is 0 Å². The molecule has 2 nitrogen and oxygen atoms in total. The van der Waals surface area contributed by atoms with Crippen LogP contribution in [0.15, 0.2) is 48.5 Å². The van der Waals surface area contributed by atoms with Crippen LogP contribution in [0.25, 0.3) is 0 Å². The van der Waals surface area contributed by atoms with Crippen LogP contribution >= 0.6 is 0 Å². The second kappa shape index (κ2) is 6.13. The number of ketones is 1. The monoisotopic (exact) mass is 282 g/mol. The van der Waals surface area contributed by atoms with Crippen LogP contribution in [0.5, 0.6) is 11.5 Å². The number of hydrogen-bond acceptors (Lipinski definition) is 2. The summed E-state index contributed by atoms with van der Waals surface area (Å²) in [6, 6.07) is 15.4. The maximum atomic E-state index is 11.6. The van der Waals surface area contributed by atoms with E-state index in [2.05, 4.69) is 32.9 Å². The largest absolute Gasteiger partial charge is 0.457 e. The van der Waals surface area contributed by atoms with Crippen molar-refractivity contribution in [2.24, 2.45) is 0 Å². The average Bonchev–Trinajstić information content (AvgIpc) is 2.47. The normalized spacial score (nSPS) is 11.2. The summed E-state index contributed by atoms with van der Waals surface area (Å²) in [6.07, 6.45) is 0.522. The predicted molar refractivity (Wildman–Crippen MR) is 86.3 cm³/mol. The molecule has 0 fully saturated rings. The van der Waals surface area contributed by atoms with E-state index in [0.717, 1.165) is 17.1 Å². The van der Waals surface area contributed by atoms with Crippen LogP contribution in [0, 0.1) is 0 Å². The van der Waals surface area contributed by atoms with E-state index >= 15 is 0 Å². The van der Waals surface area contributed by atoms with Gasteiger partial charge >= 0.3 is 0 Å². The molecule has 2 rings (SSSR count). The predicted octanol–water partition coefficient (Wildman–Crippen LogP) is 5.37. The van der Waals surface area contributed by atoms with Gasteiger partial charge in [0, 0.05) is 12.0 Å². The van der Waals surface area contributed by atoms with E-state index in [0.29, 0.717) is 6.42 Å². The lowest BCUT2D eigenvalue weighted by Gasteiger charge is -2.19. The zero-order valence-corrected chi connectivity index (χ0v) is 13.1. The van der Waals surface area contributed by atoms with Gasteiger partial charge < -0.3 is 4.74 Å². The molecular formula is C19H22O2. The van der Waals surface area contributed by atoms with Gasteiger partial charge in [0.25, 0.3) is 0 Å². The Bertz CT molecular complexity index is 619. The molecule has 21 heavy (non-hydrogen) atoms. The van der Waals surface area contributed by atoms with Crippen molar-refractivity contribution >= 4 is 5.78 Å². The van der Waals surface area contributed by atoms with Gasteiger partial charge in [0.1, 0.15) is 11.5 Å². The van der Waals surface area contributed by atoms with Gasteiger partial charge in [-0.3, -0.25) is 4.79 Å². The van der Waals surface area contributed by atoms with E-state index in [9.17, 15) is 4.79 Å². The second-order valence-corrected chi connectivity index (χ2v) is 6.18. The topological polar surface area (TPSA) is 26.3 Å². The fraction of sp³-hybridized carbons (Fsp3) is 0.316. The number of ether oxygens (including phenoxy) is 1. The minimum atomic E-state index is 0.0940. The lowest BCUT2D eigenvalue weighted by molar-refractivity contribution is 0.0988. The lowest BCUT2D eigenvalue weighted by Crippen LogP contribution is -2.10. The molecule has 0 N–H and O–H groups in total. The van der Waals surface area contributed by atoms with Crippen molar-refractivity contribution in [1.29, 1.82) is 0 Å². The highest BCUT2D eigenvalue weighted by Crippen LogP contribution is 2.28. The second-order valence-electron chi connectivity index (χ2n) is 6.18. The first-order chi connectivity index (χ1) is 9.90. The molecule has 0 aliphatic heterocycles. The van der Waals surface area contributed by atoms with E-state index < -0.39 is 0 Å². The first-order valence-electron chi connectivity index (χ1n) is 7.32. The van der Waals surface area contributed by atoms with Gasteiger partial charge in [0.15, 0.2) is 5.78 Å². The third-order valence-electron chi connectivity index (χ3n) is 3.43. The third-order valence-corrected chi connectivity index (χ3v) is 3.43. The molecule has 0 saturated heterocycles. The van der Waals surface area contributed by atoms with Crippen molar-refractivity contribution in [1.82, 2.24) is 0 Å². The zero-order valence-electron chi connectivity index (χ0n) is 13.1. The quantitative estimate of drug-likeness (QED) is 0.705. The highest BCUT2D eigenvalue weighted by Gasteiger charge is 2.14. The summed E-state index contributed by atoms with van der Waals surface area (Å²) in [5, 5.41) is 0. The molecule has 0 aromatic heterocycles. The van der Waals surface area contributed by atoms with Crippen molar-refractivity contribution in [3.8, 4) is 11.5 Å². The smallest absolute Gasteiger partial charge is 0.162 e. The minimum absolute atomic E-state index is 0.0940. The fourth-order valence-corrected chi connectivity index (χ4v) is 2.08. The molecule has 2 aromatic carbocycles. The molecule has 0 spiro atoms. The molecule has 0 aliphatic rings. The maximum absolute atomic E-state index is 11.6. The molecule has 0 radical (unpaired) electrons. The summed E-state index contributed by atoms with van der Waals surface area (Å²) in [6.45, 7) is 8.40. The molecule has 0 atom stereocenters. The molecule has 0 amide bonds. The SMILES string of the molecule is CCC(=O)c1ccc(Oc2cccc(C(C)(C)C)c2)cc1. The number of Topliss-reactive ketones (excluding diaryl/α,β-unsaturated/α-hetero) is 1. The molecule has 110 valence electrons. The van der Waals surface area contributed by atoms with Gasteiger partial charge in [-0.05, 0) is 47.4 Å². The molecular weight excluding hydrogens is 260 g/mol. The summed E-state index contributed by atoms with van der Waals surface area (Å²) in [5.74, 6) is 1.71. The van der Waals surface area contributed by atoms with Gasteiger partial charge in [0.2, 0.25) is 0 Å². The van der Waals surface area contributed by atoms with Gasteiger partial charge in [-0.2, -0.15) is 0 Å². The number of hydrogen-bond donors (Lipinski definition) is 0.